The number of nitrogens with one attached hydrogen (secondary N) is 1. The normalized spacial score (nSPS) is 10.7. The Morgan fingerprint density at radius 3 is 2.66 bits per heavy atom. The van der Waals surface area contributed by atoms with E-state index in [9.17, 15) is 4.79 Å². The number of aromatic nitrogens is 3. The first-order valence-corrected chi connectivity index (χ1v) is 10.6. The average molecular weight is 467 g/mol. The molecule has 32 heavy (non-hydrogen) atoms. The second-order valence-electron chi connectivity index (χ2n) is 7.16. The van der Waals surface area contributed by atoms with E-state index in [1.165, 1.54) is 0 Å². The van der Waals surface area contributed by atoms with Gasteiger partial charge in [0.15, 0.2) is 0 Å². The average Bonchev–Trinajstić information content (AvgIpc) is 3.32. The summed E-state index contributed by atoms with van der Waals surface area (Å²) in [4.78, 5) is 21.2. The summed E-state index contributed by atoms with van der Waals surface area (Å²) < 4.78 is 7.42. The van der Waals surface area contributed by atoms with E-state index in [2.05, 4.69) is 15.3 Å². The zero-order valence-electron chi connectivity index (χ0n) is 17.3. The van der Waals surface area contributed by atoms with Crippen LogP contribution in [-0.4, -0.2) is 27.6 Å². The summed E-state index contributed by atoms with van der Waals surface area (Å²) in [5.74, 6) is 0.437. The highest BCUT2D eigenvalue weighted by molar-refractivity contribution is 6.42. The predicted molar refractivity (Wildman–Crippen MR) is 125 cm³/mol. The van der Waals surface area contributed by atoms with Gasteiger partial charge in [0.1, 0.15) is 5.75 Å². The van der Waals surface area contributed by atoms with Gasteiger partial charge in [0.05, 0.1) is 29.7 Å². The zero-order chi connectivity index (χ0) is 22.5. The van der Waals surface area contributed by atoms with Gasteiger partial charge in [0.2, 0.25) is 0 Å². The molecule has 2 heterocycles. The number of hydrogen-bond donors (Lipinski definition) is 1. The first kappa shape index (κ1) is 21.9. The van der Waals surface area contributed by atoms with Crippen LogP contribution in [0, 0.1) is 0 Å². The molecule has 1 amide bonds. The highest BCUT2D eigenvalue weighted by atomic mass is 35.5. The number of amides is 1. The van der Waals surface area contributed by atoms with Crippen molar-refractivity contribution >= 4 is 29.1 Å². The summed E-state index contributed by atoms with van der Waals surface area (Å²) in [5.41, 5.74) is 4.07. The molecule has 0 aliphatic heterocycles. The molecule has 0 aliphatic rings. The summed E-state index contributed by atoms with van der Waals surface area (Å²) in [6.45, 7) is 0.906. The Morgan fingerprint density at radius 2 is 1.91 bits per heavy atom. The number of rotatable bonds is 7. The summed E-state index contributed by atoms with van der Waals surface area (Å²) in [7, 11) is 1.60. The van der Waals surface area contributed by atoms with Crippen molar-refractivity contribution < 1.29 is 9.53 Å². The molecule has 162 valence electrons. The molecule has 0 saturated carbocycles. The van der Waals surface area contributed by atoms with E-state index in [0.29, 0.717) is 34.4 Å². The predicted octanol–water partition coefficient (Wildman–Crippen LogP) is 5.24. The monoisotopic (exact) mass is 466 g/mol. The number of halogens is 2. The molecule has 2 aromatic carbocycles. The zero-order valence-corrected chi connectivity index (χ0v) is 18.8. The number of methoxy groups -OCH3 is 1. The van der Waals surface area contributed by atoms with Gasteiger partial charge in [0, 0.05) is 42.8 Å². The second-order valence-corrected chi connectivity index (χ2v) is 7.98. The lowest BCUT2D eigenvalue weighted by molar-refractivity contribution is 0.0951. The lowest BCUT2D eigenvalue weighted by Gasteiger charge is -2.13. The number of nitrogens with zero attached hydrogens (tertiary/aromatic N) is 3. The minimum atomic E-state index is -0.196. The molecule has 4 aromatic rings. The first-order valence-electron chi connectivity index (χ1n) is 9.83. The van der Waals surface area contributed by atoms with Crippen LogP contribution >= 0.6 is 23.2 Å². The van der Waals surface area contributed by atoms with Crippen LogP contribution < -0.4 is 10.1 Å². The van der Waals surface area contributed by atoms with E-state index in [0.717, 1.165) is 22.3 Å². The number of carbonyl (C=O) groups excluding carboxylic acids is 1. The van der Waals surface area contributed by atoms with Crippen LogP contribution in [0.2, 0.25) is 10.0 Å². The van der Waals surface area contributed by atoms with Gasteiger partial charge < -0.3 is 14.6 Å². The van der Waals surface area contributed by atoms with E-state index in [-0.39, 0.29) is 5.91 Å². The maximum atomic E-state index is 13.0. The third-order valence-electron chi connectivity index (χ3n) is 4.93. The highest BCUT2D eigenvalue weighted by Crippen LogP contribution is 2.30. The minimum absolute atomic E-state index is 0.196. The van der Waals surface area contributed by atoms with Crippen LogP contribution in [0.4, 0.5) is 0 Å². The van der Waals surface area contributed by atoms with Crippen molar-refractivity contribution in [2.75, 3.05) is 7.11 Å². The molecule has 0 aliphatic carbocycles. The lowest BCUT2D eigenvalue weighted by atomic mass is 9.99. The fourth-order valence-corrected chi connectivity index (χ4v) is 3.70. The van der Waals surface area contributed by atoms with E-state index in [1.54, 1.807) is 44.2 Å². The molecule has 1 N–H and O–H groups in total. The summed E-state index contributed by atoms with van der Waals surface area (Å²) in [6.07, 6.45) is 8.69. The van der Waals surface area contributed by atoms with Crippen molar-refractivity contribution in [2.24, 2.45) is 0 Å². The van der Waals surface area contributed by atoms with E-state index < -0.39 is 0 Å². The number of imidazole rings is 1. The molecule has 0 unspecified atom stereocenters. The summed E-state index contributed by atoms with van der Waals surface area (Å²) in [5, 5.41) is 3.88. The van der Waals surface area contributed by atoms with Crippen molar-refractivity contribution in [1.29, 1.82) is 0 Å². The Balaban J connectivity index is 1.65. The molecule has 0 radical (unpaired) electrons. The Bertz CT molecular complexity index is 1240. The van der Waals surface area contributed by atoms with Crippen LogP contribution in [0.1, 0.15) is 21.5 Å². The van der Waals surface area contributed by atoms with Crippen LogP contribution in [0.5, 0.6) is 5.75 Å². The largest absolute Gasteiger partial charge is 0.494 e. The van der Waals surface area contributed by atoms with Crippen molar-refractivity contribution in [2.45, 2.75) is 13.1 Å². The molecule has 0 fully saturated rings. The molecular weight excluding hydrogens is 447 g/mol. The number of pyridine rings is 1. The molecule has 0 saturated heterocycles. The van der Waals surface area contributed by atoms with Gasteiger partial charge in [-0.25, -0.2) is 4.98 Å². The molecular formula is C24H20Cl2N4O2. The van der Waals surface area contributed by atoms with Crippen LogP contribution in [-0.2, 0) is 13.1 Å². The van der Waals surface area contributed by atoms with E-state index in [4.69, 9.17) is 27.9 Å². The smallest absolute Gasteiger partial charge is 0.251 e. The molecule has 6 nitrogen and oxygen atoms in total. The van der Waals surface area contributed by atoms with Crippen LogP contribution in [0.25, 0.3) is 11.1 Å². The van der Waals surface area contributed by atoms with Crippen molar-refractivity contribution in [3.05, 3.63) is 100 Å². The molecule has 2 aromatic heterocycles. The number of benzene rings is 2. The Hall–Kier alpha value is -3.35. The fourth-order valence-electron chi connectivity index (χ4n) is 3.38. The van der Waals surface area contributed by atoms with Crippen molar-refractivity contribution in [1.82, 2.24) is 19.9 Å². The quantitative estimate of drug-likeness (QED) is 0.404. The van der Waals surface area contributed by atoms with E-state index in [1.807, 2.05) is 41.1 Å². The number of carbonyl (C=O) groups is 1. The van der Waals surface area contributed by atoms with E-state index >= 15 is 0 Å². The van der Waals surface area contributed by atoms with Crippen molar-refractivity contribution in [3.8, 4) is 16.9 Å². The Kier molecular flexibility index (Phi) is 6.73. The standard InChI is InChI=1S/C24H20Cl2N4O2/c1-32-23-13-27-5-4-20(23)18-8-17(14-30-7-6-28-15-30)9-19(11-18)24(31)29-12-16-2-3-21(25)22(26)10-16/h2-11,13,15H,12,14H2,1H3,(H,29,31). The first-order chi connectivity index (χ1) is 15.5. The highest BCUT2D eigenvalue weighted by Gasteiger charge is 2.13. The van der Waals surface area contributed by atoms with Gasteiger partial charge in [-0.3, -0.25) is 9.78 Å². The second kappa shape index (κ2) is 9.85. The SMILES string of the molecule is COc1cnccc1-c1cc(Cn2ccnc2)cc(C(=O)NCc2ccc(Cl)c(Cl)c2)c1. The molecule has 0 atom stereocenters. The lowest BCUT2D eigenvalue weighted by Crippen LogP contribution is -2.23. The number of ether oxygens (including phenoxy) is 1. The maximum absolute atomic E-state index is 13.0. The van der Waals surface area contributed by atoms with Gasteiger partial charge >= 0.3 is 0 Å². The molecule has 4 rings (SSSR count). The summed E-state index contributed by atoms with van der Waals surface area (Å²) >= 11 is 12.1. The van der Waals surface area contributed by atoms with Crippen LogP contribution in [0.3, 0.4) is 0 Å². The Labute approximate surface area is 195 Å². The fraction of sp³-hybridized carbons (Fsp3) is 0.125. The van der Waals surface area contributed by atoms with Gasteiger partial charge in [-0.15, -0.1) is 0 Å². The van der Waals surface area contributed by atoms with Gasteiger partial charge in [0.25, 0.3) is 5.91 Å². The van der Waals surface area contributed by atoms with Gasteiger partial charge in [-0.1, -0.05) is 29.3 Å². The maximum Gasteiger partial charge on any atom is 0.251 e. The molecule has 8 heteroatoms. The third kappa shape index (κ3) is 5.10. The summed E-state index contributed by atoms with van der Waals surface area (Å²) in [6, 6.07) is 12.9. The van der Waals surface area contributed by atoms with Crippen molar-refractivity contribution in [3.63, 3.8) is 0 Å². The van der Waals surface area contributed by atoms with Gasteiger partial charge in [-0.05, 0) is 53.1 Å². The molecule has 0 bridgehead atoms. The third-order valence-corrected chi connectivity index (χ3v) is 5.67. The minimum Gasteiger partial charge on any atom is -0.494 e. The topological polar surface area (TPSA) is 69.0 Å². The van der Waals surface area contributed by atoms with Crippen LogP contribution in [0.15, 0.2) is 73.6 Å². The van der Waals surface area contributed by atoms with Gasteiger partial charge in [-0.2, -0.15) is 0 Å². The number of hydrogen-bond acceptors (Lipinski definition) is 4. The molecule has 0 spiro atoms. The Morgan fingerprint density at radius 1 is 1.03 bits per heavy atom.